The first-order valence-electron chi connectivity index (χ1n) is 7.78. The van der Waals surface area contributed by atoms with Crippen molar-refractivity contribution in [3.8, 4) is 0 Å². The zero-order valence-electron chi connectivity index (χ0n) is 13.3. The normalized spacial score (nSPS) is 19.7. The summed E-state index contributed by atoms with van der Waals surface area (Å²) >= 11 is 1.49. The summed E-state index contributed by atoms with van der Waals surface area (Å²) in [4.78, 5) is 23.0. The Morgan fingerprint density at radius 2 is 2.04 bits per heavy atom. The fraction of sp³-hybridized carbons (Fsp3) is 0.438. The number of thioether (sulfide) groups is 1. The molecule has 2 aliphatic rings. The lowest BCUT2D eigenvalue weighted by Crippen LogP contribution is -2.41. The minimum atomic E-state index is -0.204. The minimum absolute atomic E-state index is 0.0795. The average Bonchev–Trinajstić information content (AvgIpc) is 2.59. The van der Waals surface area contributed by atoms with E-state index in [9.17, 15) is 4.79 Å². The fourth-order valence-electron chi connectivity index (χ4n) is 2.54. The zero-order chi connectivity index (χ0) is 16.2. The minimum Gasteiger partial charge on any atom is -0.292 e. The van der Waals surface area contributed by atoms with Crippen molar-refractivity contribution in [2.75, 3.05) is 5.75 Å². The predicted octanol–water partition coefficient (Wildman–Crippen LogP) is 2.17. The quantitative estimate of drug-likeness (QED) is 0.774. The van der Waals surface area contributed by atoms with E-state index in [1.807, 2.05) is 18.2 Å². The molecule has 120 valence electrons. The molecule has 0 saturated carbocycles. The molecule has 0 N–H and O–H groups in total. The second-order valence-electron chi connectivity index (χ2n) is 5.30. The van der Waals surface area contributed by atoms with E-state index in [0.717, 1.165) is 29.9 Å². The molecule has 1 atom stereocenters. The number of rotatable bonds is 5. The summed E-state index contributed by atoms with van der Waals surface area (Å²) in [6.45, 7) is 4.12. The molecule has 3 heterocycles. The number of aliphatic imine (C=N–C) groups is 1. The Bertz CT molecular complexity index is 698. The molecule has 3 rings (SSSR count). The van der Waals surface area contributed by atoms with Crippen LogP contribution in [0.3, 0.4) is 0 Å². The van der Waals surface area contributed by atoms with E-state index in [1.165, 1.54) is 11.8 Å². The molecular formula is C16H19N5OS. The maximum Gasteiger partial charge on any atom is 0.234 e. The van der Waals surface area contributed by atoms with Crippen molar-refractivity contribution in [1.82, 2.24) is 20.1 Å². The van der Waals surface area contributed by atoms with Gasteiger partial charge in [0.2, 0.25) is 11.1 Å². The molecule has 0 aliphatic carbocycles. The molecule has 0 aromatic carbocycles. The van der Waals surface area contributed by atoms with Crippen LogP contribution in [0, 0.1) is 0 Å². The molecule has 6 nitrogen and oxygen atoms in total. The maximum atomic E-state index is 12.1. The third kappa shape index (κ3) is 3.50. The Kier molecular flexibility index (Phi) is 4.85. The van der Waals surface area contributed by atoms with Gasteiger partial charge < -0.3 is 0 Å². The van der Waals surface area contributed by atoms with Gasteiger partial charge in [-0.2, -0.15) is 5.10 Å². The molecule has 23 heavy (non-hydrogen) atoms. The van der Waals surface area contributed by atoms with E-state index in [2.05, 4.69) is 34.0 Å². The number of amides is 1. The van der Waals surface area contributed by atoms with Crippen LogP contribution in [0.2, 0.25) is 0 Å². The topological polar surface area (TPSA) is 71.3 Å². The van der Waals surface area contributed by atoms with Gasteiger partial charge in [0.1, 0.15) is 6.17 Å². The van der Waals surface area contributed by atoms with Crippen LogP contribution in [0.1, 0.15) is 31.7 Å². The van der Waals surface area contributed by atoms with Crippen molar-refractivity contribution in [3.63, 3.8) is 0 Å². The molecule has 2 aliphatic heterocycles. The van der Waals surface area contributed by atoms with Crippen LogP contribution >= 0.6 is 11.8 Å². The van der Waals surface area contributed by atoms with Crippen LogP contribution in [0.25, 0.3) is 0 Å². The first-order chi connectivity index (χ1) is 11.2. The molecule has 0 bridgehead atoms. The van der Waals surface area contributed by atoms with Crippen LogP contribution in [0.15, 0.2) is 34.6 Å². The predicted molar refractivity (Wildman–Crippen MR) is 90.3 cm³/mol. The van der Waals surface area contributed by atoms with Crippen molar-refractivity contribution in [1.29, 1.82) is 0 Å². The van der Waals surface area contributed by atoms with Crippen molar-refractivity contribution < 1.29 is 4.79 Å². The van der Waals surface area contributed by atoms with Gasteiger partial charge in [0.05, 0.1) is 17.8 Å². The smallest absolute Gasteiger partial charge is 0.234 e. The van der Waals surface area contributed by atoms with E-state index in [0.29, 0.717) is 17.3 Å². The highest BCUT2D eigenvalue weighted by Crippen LogP contribution is 2.21. The van der Waals surface area contributed by atoms with Gasteiger partial charge in [0, 0.05) is 17.7 Å². The largest absolute Gasteiger partial charge is 0.292 e. The van der Waals surface area contributed by atoms with Crippen LogP contribution < -0.4 is 0 Å². The summed E-state index contributed by atoms with van der Waals surface area (Å²) < 4.78 is 0. The Hall–Kier alpha value is -2.02. The Balaban J connectivity index is 1.69. The van der Waals surface area contributed by atoms with Crippen LogP contribution in [-0.4, -0.2) is 43.6 Å². The fourth-order valence-corrected chi connectivity index (χ4v) is 3.29. The van der Waals surface area contributed by atoms with E-state index in [4.69, 9.17) is 0 Å². The van der Waals surface area contributed by atoms with E-state index < -0.39 is 0 Å². The van der Waals surface area contributed by atoms with Gasteiger partial charge in [-0.3, -0.25) is 14.7 Å². The molecule has 0 fully saturated rings. The SMILES string of the molecule is CCc1nnc(SCC2=NC3C=CC=CN3C(=O)C2)nc1CC. The highest BCUT2D eigenvalue weighted by molar-refractivity contribution is 7.99. The highest BCUT2D eigenvalue weighted by atomic mass is 32.2. The van der Waals surface area contributed by atoms with Crippen molar-refractivity contribution >= 4 is 23.4 Å². The first kappa shape index (κ1) is 15.9. The number of hydrogen-bond donors (Lipinski definition) is 0. The summed E-state index contributed by atoms with van der Waals surface area (Å²) in [5.41, 5.74) is 2.83. The van der Waals surface area contributed by atoms with Gasteiger partial charge in [-0.1, -0.05) is 31.7 Å². The third-order valence-electron chi connectivity index (χ3n) is 3.74. The third-order valence-corrected chi connectivity index (χ3v) is 4.65. The molecule has 0 radical (unpaired) electrons. The van der Waals surface area contributed by atoms with E-state index in [-0.39, 0.29) is 12.1 Å². The van der Waals surface area contributed by atoms with Crippen LogP contribution in [0.5, 0.6) is 0 Å². The van der Waals surface area contributed by atoms with Crippen molar-refractivity contribution in [2.24, 2.45) is 4.99 Å². The highest BCUT2D eigenvalue weighted by Gasteiger charge is 2.27. The number of aryl methyl sites for hydroxylation is 2. The Morgan fingerprint density at radius 1 is 1.22 bits per heavy atom. The number of nitrogens with zero attached hydrogens (tertiary/aromatic N) is 5. The van der Waals surface area contributed by atoms with Crippen molar-refractivity contribution in [3.05, 3.63) is 35.8 Å². The summed E-state index contributed by atoms with van der Waals surface area (Å²) in [6, 6.07) is 0. The van der Waals surface area contributed by atoms with Crippen molar-refractivity contribution in [2.45, 2.75) is 44.4 Å². The summed E-state index contributed by atoms with van der Waals surface area (Å²) in [7, 11) is 0. The standard InChI is InChI=1S/C16H19N5OS/c1-3-12-13(4-2)19-20-16(18-12)23-10-11-9-15(22)21-8-6-5-7-14(21)17-11/h5-8,14H,3-4,9-10H2,1-2H3. The van der Waals surface area contributed by atoms with Gasteiger partial charge in [-0.15, -0.1) is 5.10 Å². The van der Waals surface area contributed by atoms with Gasteiger partial charge in [0.15, 0.2) is 0 Å². The average molecular weight is 329 g/mol. The molecule has 0 spiro atoms. The van der Waals surface area contributed by atoms with Gasteiger partial charge in [-0.25, -0.2) is 4.98 Å². The van der Waals surface area contributed by atoms with Crippen LogP contribution in [-0.2, 0) is 17.6 Å². The number of hydrogen-bond acceptors (Lipinski definition) is 6. The summed E-state index contributed by atoms with van der Waals surface area (Å²) in [6.07, 6.45) is 9.30. The maximum absolute atomic E-state index is 12.1. The van der Waals surface area contributed by atoms with Crippen LogP contribution in [0.4, 0.5) is 0 Å². The van der Waals surface area contributed by atoms with E-state index >= 15 is 0 Å². The molecule has 7 heteroatoms. The number of carbonyl (C=O) groups is 1. The lowest BCUT2D eigenvalue weighted by Gasteiger charge is -2.30. The number of aromatic nitrogens is 3. The lowest BCUT2D eigenvalue weighted by atomic mass is 10.1. The monoisotopic (exact) mass is 329 g/mol. The summed E-state index contributed by atoms with van der Waals surface area (Å²) in [5.74, 6) is 0.694. The molecule has 1 aromatic rings. The second-order valence-corrected chi connectivity index (χ2v) is 6.24. The Morgan fingerprint density at radius 3 is 2.83 bits per heavy atom. The van der Waals surface area contributed by atoms with Gasteiger partial charge in [0.25, 0.3) is 0 Å². The first-order valence-corrected chi connectivity index (χ1v) is 8.76. The molecule has 1 unspecified atom stereocenters. The number of fused-ring (bicyclic) bond motifs is 1. The zero-order valence-corrected chi connectivity index (χ0v) is 14.1. The number of allylic oxidation sites excluding steroid dienone is 2. The van der Waals surface area contributed by atoms with Gasteiger partial charge in [-0.05, 0) is 25.0 Å². The summed E-state index contributed by atoms with van der Waals surface area (Å²) in [5, 5.41) is 9.06. The second kappa shape index (κ2) is 7.04. The number of carbonyl (C=O) groups excluding carboxylic acids is 1. The van der Waals surface area contributed by atoms with Gasteiger partial charge >= 0.3 is 0 Å². The molecule has 1 aromatic heterocycles. The molecule has 1 amide bonds. The molecular weight excluding hydrogens is 310 g/mol. The Labute approximate surface area is 139 Å². The van der Waals surface area contributed by atoms with E-state index in [1.54, 1.807) is 11.1 Å². The lowest BCUT2D eigenvalue weighted by molar-refractivity contribution is -0.129. The molecule has 0 saturated heterocycles.